The smallest absolute Gasteiger partial charge is 0.431 e. The lowest BCUT2D eigenvalue weighted by atomic mass is 10.4. The lowest BCUT2D eigenvalue weighted by Gasteiger charge is -2.27. The molecule has 2 heterocycles. The van der Waals surface area contributed by atoms with E-state index in [0.717, 1.165) is 0 Å². The monoisotopic (exact) mass is 285 g/mol. The fourth-order valence-corrected chi connectivity index (χ4v) is 1.76. The van der Waals surface area contributed by atoms with Crippen LogP contribution in [0.5, 0.6) is 5.88 Å². The number of rotatable bonds is 4. The minimum atomic E-state index is -0.873. The van der Waals surface area contributed by atoms with Gasteiger partial charge in [0.1, 0.15) is 0 Å². The van der Waals surface area contributed by atoms with Gasteiger partial charge in [0, 0.05) is 18.1 Å². The number of ether oxygens (including phenoxy) is 2. The van der Waals surface area contributed by atoms with Gasteiger partial charge < -0.3 is 34.6 Å². The van der Waals surface area contributed by atoms with Gasteiger partial charge in [0.25, 0.3) is 0 Å². The molecule has 0 radical (unpaired) electrons. The summed E-state index contributed by atoms with van der Waals surface area (Å²) >= 11 is 0. The molecule has 0 atom stereocenters. The molecule has 20 heavy (non-hydrogen) atoms. The number of nitrogens with zero attached hydrogens (tertiary/aromatic N) is 5. The number of anilines is 1. The normalized spacial score (nSPS) is 14.9. The van der Waals surface area contributed by atoms with Gasteiger partial charge in [-0.15, -0.1) is 0 Å². The summed E-state index contributed by atoms with van der Waals surface area (Å²) in [5.74, 6) is -1.86. The van der Waals surface area contributed by atoms with Crippen molar-refractivity contribution in [3.05, 3.63) is 20.2 Å². The average molecular weight is 285 g/mol. The maximum atomic E-state index is 11.0. The maximum absolute atomic E-state index is 11.0. The first-order chi connectivity index (χ1) is 9.54. The van der Waals surface area contributed by atoms with E-state index in [9.17, 15) is 20.2 Å². The van der Waals surface area contributed by atoms with Gasteiger partial charge >= 0.3 is 17.5 Å². The molecule has 1 aliphatic heterocycles. The molecular formula is C9H11N5O6. The molecule has 0 saturated carbocycles. The Morgan fingerprint density at radius 3 is 2.25 bits per heavy atom. The third-order valence-electron chi connectivity index (χ3n) is 2.66. The Kier molecular flexibility index (Phi) is 3.89. The number of nitro groups is 2. The van der Waals surface area contributed by atoms with Crippen LogP contribution < -0.4 is 9.64 Å². The zero-order valence-corrected chi connectivity index (χ0v) is 10.5. The van der Waals surface area contributed by atoms with E-state index in [0.29, 0.717) is 26.3 Å². The summed E-state index contributed by atoms with van der Waals surface area (Å²) in [6.07, 6.45) is 0. The number of aromatic nitrogens is 2. The van der Waals surface area contributed by atoms with Crippen LogP contribution in [-0.4, -0.2) is 53.2 Å². The number of methoxy groups -OCH3 is 1. The van der Waals surface area contributed by atoms with Crippen molar-refractivity contribution in [2.45, 2.75) is 0 Å². The summed E-state index contributed by atoms with van der Waals surface area (Å²) in [6.45, 7) is 1.54. The molecule has 1 aliphatic rings. The second kappa shape index (κ2) is 5.61. The van der Waals surface area contributed by atoms with Gasteiger partial charge in [0.05, 0.1) is 20.3 Å². The highest BCUT2D eigenvalue weighted by Crippen LogP contribution is 2.32. The van der Waals surface area contributed by atoms with E-state index in [2.05, 4.69) is 9.97 Å². The van der Waals surface area contributed by atoms with Crippen LogP contribution >= 0.6 is 0 Å². The van der Waals surface area contributed by atoms with Crippen LogP contribution in [0.15, 0.2) is 0 Å². The first-order valence-electron chi connectivity index (χ1n) is 5.62. The van der Waals surface area contributed by atoms with Gasteiger partial charge in [-0.25, -0.2) is 0 Å². The predicted octanol–water partition coefficient (Wildman–Crippen LogP) is 0.138. The van der Waals surface area contributed by atoms with Gasteiger partial charge in [-0.2, -0.15) is 4.98 Å². The van der Waals surface area contributed by atoms with E-state index >= 15 is 0 Å². The van der Waals surface area contributed by atoms with E-state index in [1.165, 1.54) is 7.11 Å². The second-order valence-electron chi connectivity index (χ2n) is 3.82. The van der Waals surface area contributed by atoms with Gasteiger partial charge in [-0.05, 0) is 9.85 Å². The summed E-state index contributed by atoms with van der Waals surface area (Å²) in [4.78, 5) is 29.0. The second-order valence-corrected chi connectivity index (χ2v) is 3.82. The minimum Gasteiger partial charge on any atom is -0.475 e. The van der Waals surface area contributed by atoms with Gasteiger partial charge in [0.15, 0.2) is 0 Å². The summed E-state index contributed by atoms with van der Waals surface area (Å²) < 4.78 is 9.92. The molecule has 0 amide bonds. The van der Waals surface area contributed by atoms with E-state index < -0.39 is 21.5 Å². The molecule has 11 heteroatoms. The van der Waals surface area contributed by atoms with Crippen molar-refractivity contribution in [1.82, 2.24) is 9.97 Å². The Balaban J connectivity index is 2.53. The molecule has 0 unspecified atom stereocenters. The first kappa shape index (κ1) is 13.9. The average Bonchev–Trinajstić information content (AvgIpc) is 2.46. The summed E-state index contributed by atoms with van der Waals surface area (Å²) in [5.41, 5.74) is 0. The molecule has 0 spiro atoms. The van der Waals surface area contributed by atoms with Crippen LogP contribution in [0.25, 0.3) is 0 Å². The molecule has 11 nitrogen and oxygen atoms in total. The van der Waals surface area contributed by atoms with E-state index in [1.807, 2.05) is 0 Å². The van der Waals surface area contributed by atoms with E-state index in [-0.39, 0.29) is 11.7 Å². The Morgan fingerprint density at radius 2 is 1.75 bits per heavy atom. The van der Waals surface area contributed by atoms with Crippen LogP contribution in [0.4, 0.5) is 17.5 Å². The molecule has 2 rings (SSSR count). The van der Waals surface area contributed by atoms with Crippen molar-refractivity contribution in [1.29, 1.82) is 0 Å². The summed E-state index contributed by atoms with van der Waals surface area (Å²) in [6, 6.07) is 0. The number of morpholine rings is 1. The Labute approximate surface area is 112 Å². The van der Waals surface area contributed by atoms with Crippen LogP contribution in [-0.2, 0) is 4.74 Å². The van der Waals surface area contributed by atoms with Crippen molar-refractivity contribution >= 4 is 17.5 Å². The Morgan fingerprint density at radius 1 is 1.15 bits per heavy atom. The predicted molar refractivity (Wildman–Crippen MR) is 64.9 cm³/mol. The molecular weight excluding hydrogens is 274 g/mol. The fourth-order valence-electron chi connectivity index (χ4n) is 1.76. The highest BCUT2D eigenvalue weighted by molar-refractivity contribution is 5.58. The molecule has 108 valence electrons. The summed E-state index contributed by atoms with van der Waals surface area (Å²) in [5, 5.41) is 21.8. The van der Waals surface area contributed by atoms with Gasteiger partial charge in [-0.3, -0.25) is 0 Å². The molecule has 1 fully saturated rings. The van der Waals surface area contributed by atoms with Crippen molar-refractivity contribution < 1.29 is 19.3 Å². The van der Waals surface area contributed by atoms with Crippen molar-refractivity contribution in [2.75, 3.05) is 38.3 Å². The topological polar surface area (TPSA) is 134 Å². The largest absolute Gasteiger partial charge is 0.475 e. The quantitative estimate of drug-likeness (QED) is 0.559. The Bertz CT molecular complexity index is 544. The van der Waals surface area contributed by atoms with Crippen LogP contribution in [0.1, 0.15) is 0 Å². The van der Waals surface area contributed by atoms with Crippen LogP contribution in [0.2, 0.25) is 0 Å². The minimum absolute atomic E-state index is 0.0549. The zero-order valence-electron chi connectivity index (χ0n) is 10.5. The van der Waals surface area contributed by atoms with Crippen LogP contribution in [0.3, 0.4) is 0 Å². The highest BCUT2D eigenvalue weighted by atomic mass is 16.6. The molecule has 0 bridgehead atoms. The lowest BCUT2D eigenvalue weighted by Crippen LogP contribution is -2.37. The van der Waals surface area contributed by atoms with Crippen LogP contribution in [0, 0.1) is 20.2 Å². The van der Waals surface area contributed by atoms with Crippen molar-refractivity contribution in [3.63, 3.8) is 0 Å². The van der Waals surface area contributed by atoms with Crippen molar-refractivity contribution in [3.8, 4) is 5.88 Å². The SMILES string of the molecule is COc1nc(N2CCOCC2)c([N+](=O)[O-])nc1[N+](=O)[O-]. The van der Waals surface area contributed by atoms with Crippen molar-refractivity contribution in [2.24, 2.45) is 0 Å². The van der Waals surface area contributed by atoms with Gasteiger partial charge in [0.2, 0.25) is 5.82 Å². The third-order valence-corrected chi connectivity index (χ3v) is 2.66. The number of hydrogen-bond acceptors (Lipinski definition) is 9. The standard InChI is InChI=1S/C9H11N5O6/c1-19-9-8(14(17)18)10-7(13(15)16)6(11-9)12-2-4-20-5-3-12/h2-5H2,1H3. The van der Waals surface area contributed by atoms with E-state index in [4.69, 9.17) is 9.47 Å². The molecule has 0 N–H and O–H groups in total. The first-order valence-corrected chi connectivity index (χ1v) is 5.62. The zero-order chi connectivity index (χ0) is 14.7. The molecule has 1 saturated heterocycles. The molecule has 1 aromatic heterocycles. The molecule has 0 aliphatic carbocycles. The van der Waals surface area contributed by atoms with Gasteiger partial charge in [-0.1, -0.05) is 0 Å². The third kappa shape index (κ3) is 2.56. The lowest BCUT2D eigenvalue weighted by molar-refractivity contribution is -0.403. The van der Waals surface area contributed by atoms with E-state index in [1.54, 1.807) is 4.90 Å². The number of hydrogen-bond donors (Lipinski definition) is 0. The maximum Gasteiger partial charge on any atom is 0.431 e. The Hall–Kier alpha value is -2.56. The fraction of sp³-hybridized carbons (Fsp3) is 0.556. The molecule has 1 aromatic rings. The summed E-state index contributed by atoms with van der Waals surface area (Å²) in [7, 11) is 1.19. The molecule has 0 aromatic carbocycles. The highest BCUT2D eigenvalue weighted by Gasteiger charge is 2.32.